The first-order chi connectivity index (χ1) is 9.67. The largest absolute Gasteiger partial charge is 0.345 e. The van der Waals surface area contributed by atoms with Crippen LogP contribution < -0.4 is 16.0 Å². The molecule has 0 unspecified atom stereocenters. The lowest BCUT2D eigenvalue weighted by atomic mass is 9.79. The summed E-state index contributed by atoms with van der Waals surface area (Å²) in [5.74, 6) is -1.28. The molecular formula is C14H22N4O2S. The van der Waals surface area contributed by atoms with Crippen molar-refractivity contribution in [3.05, 3.63) is 11.6 Å². The molecule has 0 spiro atoms. The molecule has 0 radical (unpaired) electrons. The van der Waals surface area contributed by atoms with Crippen molar-refractivity contribution in [2.24, 2.45) is 0 Å². The first kappa shape index (κ1) is 15.9. The van der Waals surface area contributed by atoms with E-state index in [1.54, 1.807) is 11.6 Å². The first-order valence-corrected chi connectivity index (χ1v) is 7.86. The van der Waals surface area contributed by atoms with Gasteiger partial charge in [0, 0.05) is 28.7 Å². The van der Waals surface area contributed by atoms with Crippen LogP contribution in [0.3, 0.4) is 0 Å². The molecule has 0 bridgehead atoms. The smallest absolute Gasteiger partial charge is 0.315 e. The lowest BCUT2D eigenvalue weighted by Crippen LogP contribution is -2.62. The third kappa shape index (κ3) is 4.50. The Hall–Kier alpha value is -1.47. The number of nitrogens with zero attached hydrogens (tertiary/aromatic N) is 1. The van der Waals surface area contributed by atoms with Crippen LogP contribution in [0.1, 0.15) is 40.5 Å². The van der Waals surface area contributed by atoms with Crippen molar-refractivity contribution in [2.45, 2.75) is 57.7 Å². The van der Waals surface area contributed by atoms with E-state index in [2.05, 4.69) is 48.6 Å². The van der Waals surface area contributed by atoms with Crippen LogP contribution in [-0.4, -0.2) is 33.9 Å². The molecule has 0 atom stereocenters. The third-order valence-corrected chi connectivity index (χ3v) is 4.07. The molecular weight excluding hydrogens is 288 g/mol. The average Bonchev–Trinajstić information content (AvgIpc) is 2.76. The van der Waals surface area contributed by atoms with Crippen LogP contribution in [0.5, 0.6) is 0 Å². The number of amides is 2. The van der Waals surface area contributed by atoms with Gasteiger partial charge in [-0.2, -0.15) is 0 Å². The molecule has 21 heavy (non-hydrogen) atoms. The van der Waals surface area contributed by atoms with Gasteiger partial charge in [-0.05, 0) is 40.5 Å². The van der Waals surface area contributed by atoms with Crippen molar-refractivity contribution >= 4 is 28.3 Å². The second-order valence-electron chi connectivity index (χ2n) is 6.76. The molecule has 1 aliphatic heterocycles. The number of piperidine rings is 1. The molecule has 1 saturated heterocycles. The highest BCUT2D eigenvalue weighted by Crippen LogP contribution is 2.28. The van der Waals surface area contributed by atoms with E-state index >= 15 is 0 Å². The van der Waals surface area contributed by atoms with Crippen LogP contribution in [0.15, 0.2) is 11.6 Å². The van der Waals surface area contributed by atoms with E-state index in [-0.39, 0.29) is 17.1 Å². The average molecular weight is 310 g/mol. The van der Waals surface area contributed by atoms with Crippen LogP contribution in [0, 0.1) is 0 Å². The summed E-state index contributed by atoms with van der Waals surface area (Å²) in [6.45, 7) is 8.40. The van der Waals surface area contributed by atoms with Gasteiger partial charge < -0.3 is 10.6 Å². The Morgan fingerprint density at radius 3 is 2.38 bits per heavy atom. The monoisotopic (exact) mass is 310 g/mol. The molecule has 1 aromatic heterocycles. The molecule has 0 aliphatic carbocycles. The van der Waals surface area contributed by atoms with Crippen LogP contribution >= 0.6 is 11.3 Å². The van der Waals surface area contributed by atoms with Crippen molar-refractivity contribution in [2.75, 3.05) is 5.32 Å². The molecule has 0 saturated carbocycles. The van der Waals surface area contributed by atoms with Crippen molar-refractivity contribution in [1.82, 2.24) is 15.6 Å². The maximum atomic E-state index is 12.0. The molecule has 0 aromatic carbocycles. The van der Waals surface area contributed by atoms with Crippen molar-refractivity contribution in [3.8, 4) is 0 Å². The van der Waals surface area contributed by atoms with Gasteiger partial charge in [0.05, 0.1) is 0 Å². The number of thiazole rings is 1. The van der Waals surface area contributed by atoms with Crippen molar-refractivity contribution < 1.29 is 9.59 Å². The Labute approximate surface area is 128 Å². The van der Waals surface area contributed by atoms with E-state index in [9.17, 15) is 9.59 Å². The minimum Gasteiger partial charge on any atom is -0.345 e. The first-order valence-electron chi connectivity index (χ1n) is 6.98. The topological polar surface area (TPSA) is 83.1 Å². The summed E-state index contributed by atoms with van der Waals surface area (Å²) in [6.07, 6.45) is 3.15. The molecule has 116 valence electrons. The van der Waals surface area contributed by atoms with E-state index in [1.165, 1.54) is 11.3 Å². The van der Waals surface area contributed by atoms with Gasteiger partial charge >= 0.3 is 11.8 Å². The van der Waals surface area contributed by atoms with Crippen LogP contribution in [0.25, 0.3) is 0 Å². The lowest BCUT2D eigenvalue weighted by Gasteiger charge is -2.46. The van der Waals surface area contributed by atoms with Crippen LogP contribution in [-0.2, 0) is 9.59 Å². The van der Waals surface area contributed by atoms with Gasteiger partial charge in [-0.25, -0.2) is 4.98 Å². The summed E-state index contributed by atoms with van der Waals surface area (Å²) >= 11 is 1.28. The number of carbonyl (C=O) groups excluding carboxylic acids is 2. The van der Waals surface area contributed by atoms with Gasteiger partial charge in [-0.3, -0.25) is 14.9 Å². The lowest BCUT2D eigenvalue weighted by molar-refractivity contribution is -0.137. The number of aromatic nitrogens is 1. The summed E-state index contributed by atoms with van der Waals surface area (Å²) in [6, 6.07) is -0.0224. The predicted octanol–water partition coefficient (Wildman–Crippen LogP) is 1.51. The second-order valence-corrected chi connectivity index (χ2v) is 7.66. The zero-order valence-electron chi connectivity index (χ0n) is 12.8. The van der Waals surface area contributed by atoms with Crippen LogP contribution in [0.4, 0.5) is 5.13 Å². The summed E-state index contributed by atoms with van der Waals surface area (Å²) in [5, 5.41) is 11.0. The Balaban J connectivity index is 1.94. The fraction of sp³-hybridized carbons (Fsp3) is 0.643. The standard InChI is InChI=1S/C14H22N4O2S/c1-13(2)7-9(8-14(3,4)18-13)16-10(19)11(20)17-12-15-5-6-21-12/h5-6,9,18H,7-8H2,1-4H3,(H,16,19)(H,15,17,20). The van der Waals surface area contributed by atoms with E-state index in [1.807, 2.05) is 0 Å². The molecule has 2 amide bonds. The highest BCUT2D eigenvalue weighted by atomic mass is 32.1. The Kier molecular flexibility index (Phi) is 4.34. The quantitative estimate of drug-likeness (QED) is 0.723. The normalized spacial score (nSPS) is 20.8. The fourth-order valence-electron chi connectivity index (χ4n) is 3.11. The fourth-order valence-corrected chi connectivity index (χ4v) is 3.64. The molecule has 7 heteroatoms. The summed E-state index contributed by atoms with van der Waals surface area (Å²) in [4.78, 5) is 27.8. The summed E-state index contributed by atoms with van der Waals surface area (Å²) < 4.78 is 0. The minimum atomic E-state index is -0.668. The molecule has 1 aliphatic rings. The molecule has 6 nitrogen and oxygen atoms in total. The molecule has 2 rings (SSSR count). The number of carbonyl (C=O) groups is 2. The molecule has 2 heterocycles. The van der Waals surface area contributed by atoms with E-state index < -0.39 is 11.8 Å². The van der Waals surface area contributed by atoms with Gasteiger partial charge in [-0.15, -0.1) is 11.3 Å². The van der Waals surface area contributed by atoms with E-state index in [4.69, 9.17) is 0 Å². The molecule has 3 N–H and O–H groups in total. The minimum absolute atomic E-state index is 0.0224. The van der Waals surface area contributed by atoms with Gasteiger partial charge in [0.2, 0.25) is 0 Å². The van der Waals surface area contributed by atoms with Gasteiger partial charge in [-0.1, -0.05) is 0 Å². The predicted molar refractivity (Wildman–Crippen MR) is 83.2 cm³/mol. The van der Waals surface area contributed by atoms with E-state index in [0.717, 1.165) is 12.8 Å². The SMILES string of the molecule is CC1(C)CC(NC(=O)C(=O)Nc2nccs2)CC(C)(C)N1. The Morgan fingerprint density at radius 2 is 1.86 bits per heavy atom. The molecule has 1 fully saturated rings. The maximum absolute atomic E-state index is 12.0. The highest BCUT2D eigenvalue weighted by Gasteiger charge is 2.38. The zero-order valence-corrected chi connectivity index (χ0v) is 13.6. The number of anilines is 1. The zero-order chi connectivity index (χ0) is 15.7. The second kappa shape index (κ2) is 5.73. The van der Waals surface area contributed by atoms with Crippen molar-refractivity contribution in [3.63, 3.8) is 0 Å². The summed E-state index contributed by atoms with van der Waals surface area (Å²) in [7, 11) is 0. The number of hydrogen-bond donors (Lipinski definition) is 3. The van der Waals surface area contributed by atoms with Gasteiger partial charge in [0.1, 0.15) is 0 Å². The van der Waals surface area contributed by atoms with Crippen LogP contribution in [0.2, 0.25) is 0 Å². The highest BCUT2D eigenvalue weighted by molar-refractivity contribution is 7.13. The Bertz CT molecular complexity index is 509. The van der Waals surface area contributed by atoms with Gasteiger partial charge in [0.25, 0.3) is 0 Å². The Morgan fingerprint density at radius 1 is 1.24 bits per heavy atom. The third-order valence-electron chi connectivity index (χ3n) is 3.38. The van der Waals surface area contributed by atoms with Gasteiger partial charge in [0.15, 0.2) is 5.13 Å². The van der Waals surface area contributed by atoms with E-state index in [0.29, 0.717) is 5.13 Å². The molecule has 1 aromatic rings. The number of rotatable bonds is 2. The number of nitrogens with one attached hydrogen (secondary N) is 3. The summed E-state index contributed by atoms with van der Waals surface area (Å²) in [5.41, 5.74) is -0.156. The van der Waals surface area contributed by atoms with Crippen molar-refractivity contribution in [1.29, 1.82) is 0 Å². The maximum Gasteiger partial charge on any atom is 0.315 e. The number of hydrogen-bond acceptors (Lipinski definition) is 5.